The molecule has 0 atom stereocenters. The second-order valence-electron chi connectivity index (χ2n) is 4.72. The Balaban J connectivity index is 2.10. The van der Waals surface area contributed by atoms with Crippen molar-refractivity contribution in [2.24, 2.45) is 0 Å². The quantitative estimate of drug-likeness (QED) is 0.819. The Morgan fingerprint density at radius 3 is 2.61 bits per heavy atom. The maximum absolute atomic E-state index is 12.0. The molecule has 0 aliphatic heterocycles. The van der Waals surface area contributed by atoms with Crippen molar-refractivity contribution in [1.82, 2.24) is 5.32 Å². The van der Waals surface area contributed by atoms with Gasteiger partial charge in [0.25, 0.3) is 11.8 Å². The lowest BCUT2D eigenvalue weighted by atomic mass is 10.1. The number of anilines is 1. The molecule has 2 amide bonds. The van der Waals surface area contributed by atoms with Gasteiger partial charge in [0.1, 0.15) is 6.54 Å². The van der Waals surface area contributed by atoms with Crippen LogP contribution in [-0.4, -0.2) is 31.4 Å². The van der Waals surface area contributed by atoms with Crippen LogP contribution in [0.25, 0.3) is 0 Å². The lowest BCUT2D eigenvalue weighted by molar-refractivity contribution is -0.139. The van der Waals surface area contributed by atoms with Gasteiger partial charge in [0.2, 0.25) is 0 Å². The average Bonchev–Trinajstić information content (AvgIpc) is 3.08. The van der Waals surface area contributed by atoms with Gasteiger partial charge in [0, 0.05) is 11.3 Å². The summed E-state index contributed by atoms with van der Waals surface area (Å²) in [4.78, 5) is 35.0. The van der Waals surface area contributed by atoms with E-state index in [-0.39, 0.29) is 12.3 Å². The highest BCUT2D eigenvalue weighted by molar-refractivity contribution is 6.04. The molecule has 1 aromatic heterocycles. The third kappa shape index (κ3) is 4.19. The van der Waals surface area contributed by atoms with Crippen LogP contribution in [0.4, 0.5) is 5.69 Å². The summed E-state index contributed by atoms with van der Waals surface area (Å²) < 4.78 is 9.47. The summed E-state index contributed by atoms with van der Waals surface area (Å²) in [6.07, 6.45) is 1.40. The van der Waals surface area contributed by atoms with Crippen molar-refractivity contribution in [2.45, 2.75) is 6.92 Å². The first kappa shape index (κ1) is 16.3. The summed E-state index contributed by atoms with van der Waals surface area (Å²) in [5.74, 6) is -1.23. The summed E-state index contributed by atoms with van der Waals surface area (Å²) in [5, 5.41) is 5.11. The van der Waals surface area contributed by atoms with Gasteiger partial charge in [-0.3, -0.25) is 14.4 Å². The molecule has 0 saturated carbocycles. The third-order valence-corrected chi connectivity index (χ3v) is 3.11. The van der Waals surface area contributed by atoms with Crippen molar-refractivity contribution in [1.29, 1.82) is 0 Å². The molecular formula is C16H16N2O5. The minimum absolute atomic E-state index is 0.171. The van der Waals surface area contributed by atoms with Crippen LogP contribution in [0, 0.1) is 6.92 Å². The Morgan fingerprint density at radius 2 is 1.96 bits per heavy atom. The van der Waals surface area contributed by atoms with E-state index in [1.165, 1.54) is 25.5 Å². The lowest BCUT2D eigenvalue weighted by Crippen LogP contribution is -2.30. The molecule has 0 unspecified atom stereocenters. The molecule has 7 nitrogen and oxygen atoms in total. The molecule has 7 heteroatoms. The van der Waals surface area contributed by atoms with Gasteiger partial charge < -0.3 is 19.8 Å². The fraction of sp³-hybridized carbons (Fsp3) is 0.188. The van der Waals surface area contributed by atoms with E-state index in [1.807, 2.05) is 0 Å². The van der Waals surface area contributed by atoms with E-state index in [1.54, 1.807) is 25.1 Å². The van der Waals surface area contributed by atoms with Crippen LogP contribution in [0.2, 0.25) is 0 Å². The normalized spacial score (nSPS) is 10.0. The zero-order chi connectivity index (χ0) is 16.8. The van der Waals surface area contributed by atoms with Crippen LogP contribution in [0.3, 0.4) is 0 Å². The smallest absolute Gasteiger partial charge is 0.325 e. The molecule has 0 aliphatic carbocycles. The third-order valence-electron chi connectivity index (χ3n) is 3.11. The topological polar surface area (TPSA) is 97.6 Å². The molecule has 0 radical (unpaired) electrons. The van der Waals surface area contributed by atoms with Gasteiger partial charge in [-0.15, -0.1) is 0 Å². The first-order valence-electron chi connectivity index (χ1n) is 6.82. The Kier molecular flexibility index (Phi) is 5.14. The lowest BCUT2D eigenvalue weighted by Gasteiger charge is -2.10. The second kappa shape index (κ2) is 7.26. The molecule has 120 valence electrons. The number of carbonyl (C=O) groups excluding carboxylic acids is 3. The van der Waals surface area contributed by atoms with Gasteiger partial charge in [-0.05, 0) is 36.8 Å². The number of esters is 1. The molecule has 0 aliphatic rings. The average molecular weight is 316 g/mol. The number of nitrogens with one attached hydrogen (secondary N) is 2. The van der Waals surface area contributed by atoms with Crippen LogP contribution >= 0.6 is 0 Å². The number of aryl methyl sites for hydroxylation is 1. The SMILES string of the molecule is COC(=O)CNC(=O)c1ccc(C)c(NC(=O)c2ccco2)c1. The summed E-state index contributed by atoms with van der Waals surface area (Å²) >= 11 is 0. The van der Waals surface area contributed by atoms with Crippen molar-refractivity contribution >= 4 is 23.5 Å². The van der Waals surface area contributed by atoms with Crippen molar-refractivity contribution < 1.29 is 23.5 Å². The molecule has 23 heavy (non-hydrogen) atoms. The van der Waals surface area contributed by atoms with Crippen LogP contribution in [0.1, 0.15) is 26.5 Å². The number of furan rings is 1. The maximum Gasteiger partial charge on any atom is 0.325 e. The van der Waals surface area contributed by atoms with E-state index in [9.17, 15) is 14.4 Å². The molecule has 1 aromatic carbocycles. The minimum Gasteiger partial charge on any atom is -0.468 e. The molecule has 2 N–H and O–H groups in total. The fourth-order valence-corrected chi connectivity index (χ4v) is 1.82. The van der Waals surface area contributed by atoms with Gasteiger partial charge in [-0.2, -0.15) is 0 Å². The van der Waals surface area contributed by atoms with E-state index in [4.69, 9.17) is 4.42 Å². The standard InChI is InChI=1S/C16H16N2O5/c1-10-5-6-11(15(20)17-9-14(19)22-2)8-12(10)18-16(21)13-4-3-7-23-13/h3-8H,9H2,1-2H3,(H,17,20)(H,18,21). The monoisotopic (exact) mass is 316 g/mol. The van der Waals surface area contributed by atoms with Gasteiger partial charge in [-0.1, -0.05) is 6.07 Å². The molecular weight excluding hydrogens is 300 g/mol. The predicted octanol–water partition coefficient (Wildman–Crippen LogP) is 1.74. The number of hydrogen-bond acceptors (Lipinski definition) is 5. The minimum atomic E-state index is -0.545. The Labute approximate surface area is 132 Å². The van der Waals surface area contributed by atoms with Crippen LogP contribution in [0.5, 0.6) is 0 Å². The van der Waals surface area contributed by atoms with E-state index >= 15 is 0 Å². The van der Waals surface area contributed by atoms with Crippen LogP contribution < -0.4 is 10.6 Å². The maximum atomic E-state index is 12.0. The van der Waals surface area contributed by atoms with Crippen molar-refractivity contribution in [2.75, 3.05) is 19.0 Å². The largest absolute Gasteiger partial charge is 0.468 e. The van der Waals surface area contributed by atoms with Gasteiger partial charge in [0.15, 0.2) is 5.76 Å². The molecule has 0 fully saturated rings. The van der Waals surface area contributed by atoms with Crippen LogP contribution in [-0.2, 0) is 9.53 Å². The highest BCUT2D eigenvalue weighted by Crippen LogP contribution is 2.18. The number of amides is 2. The Morgan fingerprint density at radius 1 is 1.17 bits per heavy atom. The summed E-state index contributed by atoms with van der Waals surface area (Å²) in [6, 6.07) is 7.98. The fourth-order valence-electron chi connectivity index (χ4n) is 1.82. The Hall–Kier alpha value is -3.09. The molecule has 2 aromatic rings. The first-order chi connectivity index (χ1) is 11.0. The Bertz CT molecular complexity index is 722. The second-order valence-corrected chi connectivity index (χ2v) is 4.72. The zero-order valence-electron chi connectivity index (χ0n) is 12.7. The van der Waals surface area contributed by atoms with Gasteiger partial charge in [0.05, 0.1) is 13.4 Å². The van der Waals surface area contributed by atoms with Gasteiger partial charge in [-0.25, -0.2) is 0 Å². The zero-order valence-corrected chi connectivity index (χ0v) is 12.7. The van der Waals surface area contributed by atoms with E-state index in [2.05, 4.69) is 15.4 Å². The van der Waals surface area contributed by atoms with Crippen LogP contribution in [0.15, 0.2) is 41.0 Å². The highest BCUT2D eigenvalue weighted by atomic mass is 16.5. The first-order valence-corrected chi connectivity index (χ1v) is 6.82. The molecule has 0 bridgehead atoms. The summed E-state index contributed by atoms with van der Waals surface area (Å²) in [6.45, 7) is 1.57. The van der Waals surface area contributed by atoms with E-state index < -0.39 is 17.8 Å². The summed E-state index contributed by atoms with van der Waals surface area (Å²) in [7, 11) is 1.24. The number of methoxy groups -OCH3 is 1. The molecule has 1 heterocycles. The van der Waals surface area contributed by atoms with Gasteiger partial charge >= 0.3 is 5.97 Å². The summed E-state index contributed by atoms with van der Waals surface area (Å²) in [5.41, 5.74) is 1.58. The number of rotatable bonds is 5. The molecule has 0 spiro atoms. The number of benzene rings is 1. The molecule has 2 rings (SSSR count). The number of carbonyl (C=O) groups is 3. The van der Waals surface area contributed by atoms with E-state index in [0.29, 0.717) is 11.3 Å². The van der Waals surface area contributed by atoms with E-state index in [0.717, 1.165) is 5.56 Å². The number of ether oxygens (including phenoxy) is 1. The highest BCUT2D eigenvalue weighted by Gasteiger charge is 2.13. The van der Waals surface area contributed by atoms with Crippen molar-refractivity contribution in [3.05, 3.63) is 53.5 Å². The number of hydrogen-bond donors (Lipinski definition) is 2. The van der Waals surface area contributed by atoms with Crippen molar-refractivity contribution in [3.8, 4) is 0 Å². The molecule has 0 saturated heterocycles. The van der Waals surface area contributed by atoms with Crippen molar-refractivity contribution in [3.63, 3.8) is 0 Å². The predicted molar refractivity (Wildman–Crippen MR) is 82.2 cm³/mol.